The van der Waals surface area contributed by atoms with E-state index >= 15 is 0 Å². The fraction of sp³-hybridized carbons (Fsp3) is 0.227. The van der Waals surface area contributed by atoms with Crippen LogP contribution in [0.25, 0.3) is 10.8 Å². The van der Waals surface area contributed by atoms with E-state index in [2.05, 4.69) is 5.32 Å². The average molecular weight is 429 g/mol. The molecule has 3 aromatic rings. The lowest BCUT2D eigenvalue weighted by Crippen LogP contribution is -2.39. The first kappa shape index (κ1) is 21.4. The topological polar surface area (TPSA) is 66.5 Å². The number of likely N-dealkylation sites (N-methyl/N-ethyl adjacent to an activating group) is 1. The molecular formula is C22H24N2O3S2. The lowest BCUT2D eigenvalue weighted by molar-refractivity contribution is -0.121. The van der Waals surface area contributed by atoms with Gasteiger partial charge >= 0.3 is 0 Å². The molecule has 7 heteroatoms. The van der Waals surface area contributed by atoms with Gasteiger partial charge < -0.3 is 5.32 Å². The Bertz CT molecular complexity index is 1110. The summed E-state index contributed by atoms with van der Waals surface area (Å²) < 4.78 is 26.8. The van der Waals surface area contributed by atoms with Gasteiger partial charge in [0.2, 0.25) is 15.9 Å². The van der Waals surface area contributed by atoms with Gasteiger partial charge in [-0.1, -0.05) is 42.5 Å². The number of thioether (sulfide) groups is 1. The van der Waals surface area contributed by atoms with Gasteiger partial charge in [-0.2, -0.15) is 4.31 Å². The molecule has 0 aromatic heterocycles. The van der Waals surface area contributed by atoms with Crippen molar-refractivity contribution in [1.29, 1.82) is 0 Å². The Kier molecular flexibility index (Phi) is 6.62. The quantitative estimate of drug-likeness (QED) is 0.577. The van der Waals surface area contributed by atoms with Crippen molar-refractivity contribution in [1.82, 2.24) is 9.62 Å². The number of hydrogen-bond acceptors (Lipinski definition) is 4. The van der Waals surface area contributed by atoms with Crippen molar-refractivity contribution >= 4 is 38.5 Å². The summed E-state index contributed by atoms with van der Waals surface area (Å²) in [7, 11) is -2.35. The van der Waals surface area contributed by atoms with Gasteiger partial charge in [0.05, 0.1) is 17.5 Å². The molecule has 0 aliphatic heterocycles. The molecule has 1 amide bonds. The smallest absolute Gasteiger partial charge is 0.243 e. The Morgan fingerprint density at radius 1 is 1.03 bits per heavy atom. The second-order valence-electron chi connectivity index (χ2n) is 6.83. The first-order chi connectivity index (χ1) is 13.8. The zero-order chi connectivity index (χ0) is 21.0. The highest BCUT2D eigenvalue weighted by Crippen LogP contribution is 2.22. The third-order valence-corrected chi connectivity index (χ3v) is 7.33. The van der Waals surface area contributed by atoms with Crippen LogP contribution in [0.5, 0.6) is 0 Å². The van der Waals surface area contributed by atoms with Crippen LogP contribution in [0.4, 0.5) is 0 Å². The molecule has 3 rings (SSSR count). The highest BCUT2D eigenvalue weighted by atomic mass is 32.2. The highest BCUT2D eigenvalue weighted by Gasteiger charge is 2.24. The Morgan fingerprint density at radius 2 is 1.69 bits per heavy atom. The first-order valence-corrected chi connectivity index (χ1v) is 11.9. The molecule has 0 aliphatic rings. The van der Waals surface area contributed by atoms with Crippen LogP contribution in [0, 0.1) is 0 Å². The second kappa shape index (κ2) is 8.98. The SMILES string of the molecule is CSc1ccc([C@@H](C)NC(=O)CN(C)S(=O)(=O)c2ccc3ccccc3c2)cc1. The average Bonchev–Trinajstić information content (AvgIpc) is 2.73. The van der Waals surface area contributed by atoms with Crippen LogP contribution in [-0.2, 0) is 14.8 Å². The van der Waals surface area contributed by atoms with E-state index in [1.807, 2.05) is 61.7 Å². The van der Waals surface area contributed by atoms with Crippen LogP contribution < -0.4 is 5.32 Å². The third kappa shape index (κ3) is 4.98. The maximum absolute atomic E-state index is 12.9. The summed E-state index contributed by atoms with van der Waals surface area (Å²) >= 11 is 1.65. The summed E-state index contributed by atoms with van der Waals surface area (Å²) in [6, 6.07) is 20.3. The lowest BCUT2D eigenvalue weighted by Gasteiger charge is -2.20. The zero-order valence-corrected chi connectivity index (χ0v) is 18.3. The lowest BCUT2D eigenvalue weighted by atomic mass is 10.1. The van der Waals surface area contributed by atoms with Crippen molar-refractivity contribution in [2.75, 3.05) is 19.8 Å². The molecule has 1 N–H and O–H groups in total. The maximum Gasteiger partial charge on any atom is 0.243 e. The van der Waals surface area contributed by atoms with Gasteiger partial charge in [-0.25, -0.2) is 8.42 Å². The number of fused-ring (bicyclic) bond motifs is 1. The number of benzene rings is 3. The fourth-order valence-corrected chi connectivity index (χ4v) is 4.63. The molecule has 152 valence electrons. The van der Waals surface area contributed by atoms with Crippen molar-refractivity contribution in [2.24, 2.45) is 0 Å². The fourth-order valence-electron chi connectivity index (χ4n) is 3.06. The minimum absolute atomic E-state index is 0.173. The number of hydrogen-bond donors (Lipinski definition) is 1. The Hall–Kier alpha value is -2.35. The number of nitrogens with zero attached hydrogens (tertiary/aromatic N) is 1. The molecule has 0 aliphatic carbocycles. The molecule has 5 nitrogen and oxygen atoms in total. The van der Waals surface area contributed by atoms with Crippen LogP contribution in [0.2, 0.25) is 0 Å². The predicted molar refractivity (Wildman–Crippen MR) is 119 cm³/mol. The maximum atomic E-state index is 12.9. The number of carbonyl (C=O) groups is 1. The van der Waals surface area contributed by atoms with E-state index < -0.39 is 10.0 Å². The number of rotatable bonds is 7. The van der Waals surface area contributed by atoms with Crippen LogP contribution in [0.1, 0.15) is 18.5 Å². The summed E-state index contributed by atoms with van der Waals surface area (Å²) in [6.45, 7) is 1.63. The van der Waals surface area contributed by atoms with Gasteiger partial charge in [-0.05, 0) is 53.8 Å². The van der Waals surface area contributed by atoms with E-state index in [0.29, 0.717) is 0 Å². The van der Waals surface area contributed by atoms with Gasteiger partial charge in [-0.3, -0.25) is 4.79 Å². The van der Waals surface area contributed by atoms with E-state index in [9.17, 15) is 13.2 Å². The van der Waals surface area contributed by atoms with E-state index in [-0.39, 0.29) is 23.4 Å². The minimum Gasteiger partial charge on any atom is -0.348 e. The van der Waals surface area contributed by atoms with Crippen molar-refractivity contribution in [3.63, 3.8) is 0 Å². The van der Waals surface area contributed by atoms with Crippen LogP contribution in [0.15, 0.2) is 76.5 Å². The summed E-state index contributed by atoms with van der Waals surface area (Å²) in [6.07, 6.45) is 2.01. The van der Waals surface area contributed by atoms with Crippen LogP contribution >= 0.6 is 11.8 Å². The first-order valence-electron chi connectivity index (χ1n) is 9.19. The van der Waals surface area contributed by atoms with E-state index in [0.717, 1.165) is 25.5 Å². The van der Waals surface area contributed by atoms with Gasteiger partial charge in [0.15, 0.2) is 0 Å². The number of sulfonamides is 1. The summed E-state index contributed by atoms with van der Waals surface area (Å²) in [4.78, 5) is 13.7. The molecule has 0 bridgehead atoms. The van der Waals surface area contributed by atoms with Crippen LogP contribution in [-0.4, -0.2) is 38.5 Å². The number of amides is 1. The predicted octanol–water partition coefficient (Wildman–Crippen LogP) is 4.06. The normalized spacial score (nSPS) is 12.8. The van der Waals surface area contributed by atoms with E-state index in [1.165, 1.54) is 7.05 Å². The molecule has 0 saturated carbocycles. The largest absolute Gasteiger partial charge is 0.348 e. The van der Waals surface area contributed by atoms with Gasteiger partial charge in [0, 0.05) is 11.9 Å². The van der Waals surface area contributed by atoms with Crippen molar-refractivity contribution in [2.45, 2.75) is 22.8 Å². The molecule has 1 atom stereocenters. The molecule has 3 aromatic carbocycles. The molecule has 29 heavy (non-hydrogen) atoms. The number of carbonyl (C=O) groups excluding carboxylic acids is 1. The molecule has 0 saturated heterocycles. The van der Waals surface area contributed by atoms with Gasteiger partial charge in [0.1, 0.15) is 0 Å². The standard InChI is InChI=1S/C22H24N2O3S2/c1-16(17-8-11-20(28-3)12-9-17)23-22(25)15-24(2)29(26,27)21-13-10-18-6-4-5-7-19(18)14-21/h4-14,16H,15H2,1-3H3,(H,23,25)/t16-/m1/s1. The molecule has 0 heterocycles. The number of nitrogens with one attached hydrogen (secondary N) is 1. The molecule has 0 fully saturated rings. The Labute approximate surface area is 176 Å². The Balaban J connectivity index is 1.68. The monoisotopic (exact) mass is 428 g/mol. The molecule has 0 spiro atoms. The van der Waals surface area contributed by atoms with E-state index in [4.69, 9.17) is 0 Å². The second-order valence-corrected chi connectivity index (χ2v) is 9.76. The molecule has 0 radical (unpaired) electrons. The highest BCUT2D eigenvalue weighted by molar-refractivity contribution is 7.98. The van der Waals surface area contributed by atoms with Gasteiger partial charge in [-0.15, -0.1) is 11.8 Å². The van der Waals surface area contributed by atoms with Crippen molar-refractivity contribution < 1.29 is 13.2 Å². The van der Waals surface area contributed by atoms with E-state index in [1.54, 1.807) is 30.0 Å². The van der Waals surface area contributed by atoms with Gasteiger partial charge in [0.25, 0.3) is 0 Å². The summed E-state index contributed by atoms with van der Waals surface area (Å²) in [5.74, 6) is -0.349. The van der Waals surface area contributed by atoms with Crippen LogP contribution in [0.3, 0.4) is 0 Å². The zero-order valence-electron chi connectivity index (χ0n) is 16.6. The molecule has 0 unspecified atom stereocenters. The molecular weight excluding hydrogens is 404 g/mol. The summed E-state index contributed by atoms with van der Waals surface area (Å²) in [5.41, 5.74) is 0.969. The van der Waals surface area contributed by atoms with Crippen molar-refractivity contribution in [3.05, 3.63) is 72.3 Å². The van der Waals surface area contributed by atoms with Crippen molar-refractivity contribution in [3.8, 4) is 0 Å². The Morgan fingerprint density at radius 3 is 2.34 bits per heavy atom. The third-order valence-electron chi connectivity index (χ3n) is 4.79. The minimum atomic E-state index is -3.77. The summed E-state index contributed by atoms with van der Waals surface area (Å²) in [5, 5.41) is 4.67.